The predicted octanol–water partition coefficient (Wildman–Crippen LogP) is 4.25. The molecule has 9 heteroatoms. The molecule has 0 aliphatic carbocycles. The highest BCUT2D eigenvalue weighted by molar-refractivity contribution is 7.18. The lowest BCUT2D eigenvalue weighted by molar-refractivity contribution is -0.117. The van der Waals surface area contributed by atoms with Gasteiger partial charge in [0.1, 0.15) is 9.88 Å². The Morgan fingerprint density at radius 3 is 2.19 bits per heavy atom. The first kappa shape index (κ1) is 25.4. The SMILES string of the molecule is CCOC(=O)c1sc(NC(=O)CN2CCN(c3ccccc3)CC2)c(C(=O)Nc2ccccc2)c1C. The summed E-state index contributed by atoms with van der Waals surface area (Å²) in [6, 6.07) is 19.3. The van der Waals surface area contributed by atoms with Gasteiger partial charge in [-0.1, -0.05) is 36.4 Å². The fraction of sp³-hybridized carbons (Fsp3) is 0.296. The minimum atomic E-state index is -0.508. The van der Waals surface area contributed by atoms with Crippen LogP contribution in [0.3, 0.4) is 0 Å². The number of carbonyl (C=O) groups is 3. The van der Waals surface area contributed by atoms with Crippen LogP contribution in [0.25, 0.3) is 0 Å². The van der Waals surface area contributed by atoms with Crippen LogP contribution in [-0.4, -0.2) is 62.0 Å². The number of hydrogen-bond acceptors (Lipinski definition) is 7. The lowest BCUT2D eigenvalue weighted by atomic mass is 10.1. The number of hydrogen-bond donors (Lipinski definition) is 2. The third-order valence-corrected chi connectivity index (χ3v) is 7.17. The van der Waals surface area contributed by atoms with Crippen molar-refractivity contribution in [3.8, 4) is 0 Å². The molecule has 1 aromatic heterocycles. The molecule has 188 valence electrons. The topological polar surface area (TPSA) is 91.0 Å². The van der Waals surface area contributed by atoms with Gasteiger partial charge in [-0.3, -0.25) is 14.5 Å². The summed E-state index contributed by atoms with van der Waals surface area (Å²) in [5.74, 6) is -1.13. The smallest absolute Gasteiger partial charge is 0.348 e. The number of benzene rings is 2. The summed E-state index contributed by atoms with van der Waals surface area (Å²) in [5, 5.41) is 6.07. The van der Waals surface area contributed by atoms with E-state index in [4.69, 9.17) is 4.74 Å². The molecule has 8 nitrogen and oxygen atoms in total. The van der Waals surface area contributed by atoms with Crippen molar-refractivity contribution >= 4 is 45.5 Å². The van der Waals surface area contributed by atoms with Crippen molar-refractivity contribution in [1.29, 1.82) is 0 Å². The Morgan fingerprint density at radius 1 is 0.917 bits per heavy atom. The Balaban J connectivity index is 1.45. The van der Waals surface area contributed by atoms with Gasteiger partial charge in [0.25, 0.3) is 5.91 Å². The van der Waals surface area contributed by atoms with Gasteiger partial charge >= 0.3 is 5.97 Å². The summed E-state index contributed by atoms with van der Waals surface area (Å²) >= 11 is 1.07. The van der Waals surface area contributed by atoms with Crippen molar-refractivity contribution in [2.24, 2.45) is 0 Å². The summed E-state index contributed by atoms with van der Waals surface area (Å²) in [6.07, 6.45) is 0. The molecule has 4 rings (SSSR count). The van der Waals surface area contributed by atoms with E-state index in [9.17, 15) is 14.4 Å². The highest BCUT2D eigenvalue weighted by Gasteiger charge is 2.27. The number of piperazine rings is 1. The molecule has 0 atom stereocenters. The summed E-state index contributed by atoms with van der Waals surface area (Å²) in [6.45, 7) is 7.00. The van der Waals surface area contributed by atoms with Crippen molar-refractivity contribution in [1.82, 2.24) is 4.90 Å². The van der Waals surface area contributed by atoms with E-state index in [2.05, 4.69) is 32.6 Å². The van der Waals surface area contributed by atoms with Gasteiger partial charge in [-0.05, 0) is 43.7 Å². The summed E-state index contributed by atoms with van der Waals surface area (Å²) < 4.78 is 5.16. The molecular weight excluding hydrogens is 476 g/mol. The fourth-order valence-electron chi connectivity index (χ4n) is 4.15. The zero-order valence-electron chi connectivity index (χ0n) is 20.5. The second kappa shape index (κ2) is 11.8. The molecule has 1 saturated heterocycles. The van der Waals surface area contributed by atoms with Crippen molar-refractivity contribution in [2.45, 2.75) is 13.8 Å². The molecule has 0 radical (unpaired) electrons. The average Bonchev–Trinajstić information content (AvgIpc) is 3.21. The van der Waals surface area contributed by atoms with E-state index in [1.807, 2.05) is 36.4 Å². The summed E-state index contributed by atoms with van der Waals surface area (Å²) in [4.78, 5) is 43.3. The quantitative estimate of drug-likeness (QED) is 0.444. The number of amides is 2. The Kier molecular flexibility index (Phi) is 8.35. The van der Waals surface area contributed by atoms with Gasteiger partial charge in [0.2, 0.25) is 5.91 Å². The van der Waals surface area contributed by atoms with Gasteiger partial charge in [-0.15, -0.1) is 11.3 Å². The van der Waals surface area contributed by atoms with Crippen molar-refractivity contribution in [3.63, 3.8) is 0 Å². The minimum Gasteiger partial charge on any atom is -0.462 e. The largest absolute Gasteiger partial charge is 0.462 e. The van der Waals surface area contributed by atoms with E-state index in [0.29, 0.717) is 21.1 Å². The number of para-hydroxylation sites is 2. The van der Waals surface area contributed by atoms with E-state index in [0.717, 1.165) is 37.5 Å². The molecule has 2 heterocycles. The first-order valence-corrected chi connectivity index (χ1v) is 12.8. The lowest BCUT2D eigenvalue weighted by Gasteiger charge is -2.35. The zero-order valence-corrected chi connectivity index (χ0v) is 21.3. The molecule has 36 heavy (non-hydrogen) atoms. The Morgan fingerprint density at radius 2 is 1.56 bits per heavy atom. The van der Waals surface area contributed by atoms with Gasteiger partial charge in [0, 0.05) is 37.6 Å². The molecule has 0 spiro atoms. The van der Waals surface area contributed by atoms with Crippen molar-refractivity contribution in [2.75, 3.05) is 54.9 Å². The number of nitrogens with one attached hydrogen (secondary N) is 2. The maximum Gasteiger partial charge on any atom is 0.348 e. The van der Waals surface area contributed by atoms with Crippen LogP contribution in [0.4, 0.5) is 16.4 Å². The Labute approximate surface area is 214 Å². The number of thiophene rings is 1. The van der Waals surface area contributed by atoms with E-state index in [-0.39, 0.29) is 24.6 Å². The number of esters is 1. The van der Waals surface area contributed by atoms with E-state index >= 15 is 0 Å². The van der Waals surface area contributed by atoms with E-state index < -0.39 is 11.9 Å². The minimum absolute atomic E-state index is 0.202. The monoisotopic (exact) mass is 506 g/mol. The fourth-order valence-corrected chi connectivity index (χ4v) is 5.27. The van der Waals surface area contributed by atoms with Crippen LogP contribution in [0.2, 0.25) is 0 Å². The normalized spacial score (nSPS) is 13.8. The van der Waals surface area contributed by atoms with E-state index in [1.54, 1.807) is 26.0 Å². The standard InChI is InChI=1S/C27H30N4O4S/c1-3-35-27(34)24-19(2)23(25(33)28-20-10-6-4-7-11-20)26(36-24)29-22(32)18-30-14-16-31(17-15-30)21-12-8-5-9-13-21/h4-13H,3,14-18H2,1-2H3,(H,28,33)(H,29,32). The molecule has 0 saturated carbocycles. The lowest BCUT2D eigenvalue weighted by Crippen LogP contribution is -2.48. The van der Waals surface area contributed by atoms with E-state index in [1.165, 1.54) is 5.69 Å². The van der Waals surface area contributed by atoms with Gasteiger partial charge in [-0.25, -0.2) is 4.79 Å². The van der Waals surface area contributed by atoms with Gasteiger partial charge < -0.3 is 20.3 Å². The van der Waals surface area contributed by atoms with Gasteiger partial charge in [0.15, 0.2) is 0 Å². The van der Waals surface area contributed by atoms with Crippen LogP contribution in [-0.2, 0) is 9.53 Å². The Hall–Kier alpha value is -3.69. The number of carbonyl (C=O) groups excluding carboxylic acids is 3. The molecule has 0 unspecified atom stereocenters. The van der Waals surface area contributed by atoms with Crippen LogP contribution in [0.15, 0.2) is 60.7 Å². The molecule has 1 aliphatic heterocycles. The predicted molar refractivity (Wildman–Crippen MR) is 143 cm³/mol. The van der Waals surface area contributed by atoms with Gasteiger partial charge in [-0.2, -0.15) is 0 Å². The summed E-state index contributed by atoms with van der Waals surface area (Å²) in [5.41, 5.74) is 2.56. The third-order valence-electron chi connectivity index (χ3n) is 5.98. The Bertz CT molecular complexity index is 1210. The maximum absolute atomic E-state index is 13.2. The zero-order chi connectivity index (χ0) is 25.5. The molecule has 1 aliphatic rings. The van der Waals surface area contributed by atoms with Gasteiger partial charge in [0.05, 0.1) is 18.7 Å². The number of rotatable bonds is 8. The molecule has 1 fully saturated rings. The second-order valence-electron chi connectivity index (χ2n) is 8.45. The molecule has 0 bridgehead atoms. The molecular formula is C27H30N4O4S. The highest BCUT2D eigenvalue weighted by Crippen LogP contribution is 2.34. The molecule has 3 aromatic rings. The van der Waals surface area contributed by atoms with Crippen LogP contribution in [0.5, 0.6) is 0 Å². The number of ether oxygens (including phenoxy) is 1. The van der Waals surface area contributed by atoms with Crippen LogP contribution in [0.1, 0.15) is 32.5 Å². The first-order valence-electron chi connectivity index (χ1n) is 12.0. The molecule has 2 aromatic carbocycles. The summed E-state index contributed by atoms with van der Waals surface area (Å²) in [7, 11) is 0. The van der Waals surface area contributed by atoms with Crippen LogP contribution < -0.4 is 15.5 Å². The third kappa shape index (κ3) is 6.10. The van der Waals surface area contributed by atoms with Crippen LogP contribution in [0, 0.1) is 6.92 Å². The second-order valence-corrected chi connectivity index (χ2v) is 9.47. The van der Waals surface area contributed by atoms with Crippen LogP contribution >= 0.6 is 11.3 Å². The van der Waals surface area contributed by atoms with Crippen molar-refractivity contribution in [3.05, 3.63) is 76.7 Å². The number of nitrogens with zero attached hydrogens (tertiary/aromatic N) is 2. The van der Waals surface area contributed by atoms with Crippen molar-refractivity contribution < 1.29 is 19.1 Å². The average molecular weight is 507 g/mol. The molecule has 2 N–H and O–H groups in total. The first-order chi connectivity index (χ1) is 17.5. The molecule has 2 amide bonds. The maximum atomic E-state index is 13.2. The highest BCUT2D eigenvalue weighted by atomic mass is 32.1. The number of anilines is 3.